The van der Waals surface area contributed by atoms with Crippen LogP contribution in [0.5, 0.6) is 0 Å². The normalized spacial score (nSPS) is 20.2. The minimum atomic E-state index is -0.764. The van der Waals surface area contributed by atoms with Crippen LogP contribution in [0.25, 0.3) is 11.0 Å². The zero-order valence-corrected chi connectivity index (χ0v) is 19.3. The molecule has 9 nitrogen and oxygen atoms in total. The molecule has 4 amide bonds. The molecule has 184 valence electrons. The van der Waals surface area contributed by atoms with Crippen molar-refractivity contribution in [3.05, 3.63) is 65.2 Å². The zero-order valence-electron chi connectivity index (χ0n) is 19.3. The Hall–Kier alpha value is -4.21. The number of carbonyl (C=O) groups is 4. The first kappa shape index (κ1) is 22.3. The summed E-state index contributed by atoms with van der Waals surface area (Å²) in [5.41, 5.74) is 2.69. The SMILES string of the molecule is O=C1CCC(N2Cc3c(cc(F)cc3N3CCN(C(=O)c4ccc5ccoc5c4)CC3)C2=O)C(=O)N1. The van der Waals surface area contributed by atoms with E-state index >= 15 is 0 Å². The van der Waals surface area contributed by atoms with Gasteiger partial charge in [0.25, 0.3) is 11.8 Å². The summed E-state index contributed by atoms with van der Waals surface area (Å²) in [5.74, 6) is -1.91. The van der Waals surface area contributed by atoms with Gasteiger partial charge in [-0.25, -0.2) is 4.39 Å². The van der Waals surface area contributed by atoms with Crippen LogP contribution in [0.3, 0.4) is 0 Å². The Morgan fingerprint density at radius 3 is 2.61 bits per heavy atom. The molecule has 3 aliphatic rings. The van der Waals surface area contributed by atoms with Crippen molar-refractivity contribution < 1.29 is 28.0 Å². The minimum Gasteiger partial charge on any atom is -0.464 e. The third kappa shape index (κ3) is 3.69. The van der Waals surface area contributed by atoms with Crippen molar-refractivity contribution in [3.63, 3.8) is 0 Å². The number of imide groups is 1. The van der Waals surface area contributed by atoms with Crippen molar-refractivity contribution in [2.75, 3.05) is 31.1 Å². The fourth-order valence-corrected chi connectivity index (χ4v) is 5.31. The molecule has 1 atom stereocenters. The van der Waals surface area contributed by atoms with Gasteiger partial charge in [-0.15, -0.1) is 0 Å². The van der Waals surface area contributed by atoms with E-state index in [1.165, 1.54) is 17.0 Å². The largest absolute Gasteiger partial charge is 0.464 e. The molecule has 36 heavy (non-hydrogen) atoms. The van der Waals surface area contributed by atoms with Crippen molar-refractivity contribution in [3.8, 4) is 0 Å². The van der Waals surface area contributed by atoms with Crippen LogP contribution >= 0.6 is 0 Å². The number of carbonyl (C=O) groups excluding carboxylic acids is 4. The topological polar surface area (TPSA) is 103 Å². The molecule has 4 heterocycles. The molecule has 0 spiro atoms. The van der Waals surface area contributed by atoms with Gasteiger partial charge in [-0.2, -0.15) is 0 Å². The second kappa shape index (κ2) is 8.47. The highest BCUT2D eigenvalue weighted by Crippen LogP contribution is 2.35. The van der Waals surface area contributed by atoms with E-state index in [9.17, 15) is 23.6 Å². The number of piperazine rings is 1. The standard InChI is InChI=1S/C26H23FN4O5/c27-17-12-18-19(14-31(26(18)35)20-3-4-23(32)28-24(20)33)21(13-17)29-6-8-30(9-7-29)25(34)16-2-1-15-5-10-36-22(15)11-16/h1-2,5,10-13,20H,3-4,6-9,14H2,(H,28,32,33). The molecule has 1 N–H and O–H groups in total. The van der Waals surface area contributed by atoms with Crippen molar-refractivity contribution in [1.82, 2.24) is 15.1 Å². The first-order chi connectivity index (χ1) is 17.4. The molecule has 0 radical (unpaired) electrons. The molecule has 2 saturated heterocycles. The number of fused-ring (bicyclic) bond motifs is 2. The van der Waals surface area contributed by atoms with Gasteiger partial charge in [-0.3, -0.25) is 24.5 Å². The van der Waals surface area contributed by atoms with Crippen LogP contribution in [-0.4, -0.2) is 65.6 Å². The van der Waals surface area contributed by atoms with Crippen LogP contribution in [-0.2, 0) is 16.1 Å². The number of amides is 4. The summed E-state index contributed by atoms with van der Waals surface area (Å²) in [5, 5.41) is 3.21. The highest BCUT2D eigenvalue weighted by molar-refractivity contribution is 6.06. The van der Waals surface area contributed by atoms with Gasteiger partial charge >= 0.3 is 0 Å². The van der Waals surface area contributed by atoms with E-state index in [4.69, 9.17) is 4.42 Å². The predicted molar refractivity (Wildman–Crippen MR) is 127 cm³/mol. The Balaban J connectivity index is 1.19. The number of furan rings is 1. The van der Waals surface area contributed by atoms with Crippen LogP contribution < -0.4 is 10.2 Å². The summed E-state index contributed by atoms with van der Waals surface area (Å²) < 4.78 is 20.0. The maximum absolute atomic E-state index is 14.6. The molecule has 1 aromatic heterocycles. The third-order valence-electron chi connectivity index (χ3n) is 7.21. The number of rotatable bonds is 3. The smallest absolute Gasteiger partial charge is 0.255 e. The lowest BCUT2D eigenvalue weighted by Gasteiger charge is -2.37. The summed E-state index contributed by atoms with van der Waals surface area (Å²) in [4.78, 5) is 55.2. The number of anilines is 1. The van der Waals surface area contributed by atoms with Crippen molar-refractivity contribution in [2.24, 2.45) is 0 Å². The number of halogens is 1. The number of piperidine rings is 1. The van der Waals surface area contributed by atoms with Gasteiger partial charge in [-0.05, 0) is 36.8 Å². The third-order valence-corrected chi connectivity index (χ3v) is 7.21. The highest BCUT2D eigenvalue weighted by atomic mass is 19.1. The van der Waals surface area contributed by atoms with E-state index in [0.29, 0.717) is 48.6 Å². The van der Waals surface area contributed by atoms with Crippen molar-refractivity contribution in [2.45, 2.75) is 25.4 Å². The molecule has 1 unspecified atom stereocenters. The Bertz CT molecular complexity index is 1420. The molecule has 10 heteroatoms. The summed E-state index contributed by atoms with van der Waals surface area (Å²) in [6.45, 7) is 1.98. The van der Waals surface area contributed by atoms with Gasteiger partial charge in [0.05, 0.1) is 6.26 Å². The lowest BCUT2D eigenvalue weighted by atomic mass is 10.0. The Kier molecular flexibility index (Phi) is 5.24. The minimum absolute atomic E-state index is 0.100. The van der Waals surface area contributed by atoms with Gasteiger partial charge in [-0.1, -0.05) is 6.07 Å². The fraction of sp³-hybridized carbons (Fsp3) is 0.308. The monoisotopic (exact) mass is 490 g/mol. The first-order valence-corrected chi connectivity index (χ1v) is 11.9. The summed E-state index contributed by atoms with van der Waals surface area (Å²) in [6.07, 6.45) is 1.98. The molecule has 2 aromatic carbocycles. The van der Waals surface area contributed by atoms with Gasteiger partial charge in [0.2, 0.25) is 11.8 Å². The second-order valence-corrected chi connectivity index (χ2v) is 9.30. The van der Waals surface area contributed by atoms with Gasteiger partial charge in [0.1, 0.15) is 17.4 Å². The molecule has 0 aliphatic carbocycles. The van der Waals surface area contributed by atoms with Crippen LogP contribution in [0, 0.1) is 5.82 Å². The van der Waals surface area contributed by atoms with Gasteiger partial charge < -0.3 is 19.1 Å². The zero-order chi connectivity index (χ0) is 25.0. The fourth-order valence-electron chi connectivity index (χ4n) is 5.31. The van der Waals surface area contributed by atoms with Crippen LogP contribution in [0.4, 0.5) is 10.1 Å². The highest BCUT2D eigenvalue weighted by Gasteiger charge is 2.41. The van der Waals surface area contributed by atoms with E-state index in [2.05, 4.69) is 5.32 Å². The number of nitrogens with one attached hydrogen (secondary N) is 1. The van der Waals surface area contributed by atoms with Gasteiger partial charge in [0.15, 0.2) is 0 Å². The van der Waals surface area contributed by atoms with E-state index in [-0.39, 0.29) is 36.8 Å². The lowest BCUT2D eigenvalue weighted by molar-refractivity contribution is -0.136. The molecular formula is C26H23FN4O5. The Morgan fingerprint density at radius 2 is 1.83 bits per heavy atom. The summed E-state index contributed by atoms with van der Waals surface area (Å²) in [7, 11) is 0. The first-order valence-electron chi connectivity index (χ1n) is 11.9. The van der Waals surface area contributed by atoms with E-state index < -0.39 is 23.7 Å². The Labute approximate surface area is 205 Å². The molecule has 3 aliphatic heterocycles. The van der Waals surface area contributed by atoms with E-state index in [0.717, 1.165) is 5.39 Å². The van der Waals surface area contributed by atoms with Crippen LogP contribution in [0.2, 0.25) is 0 Å². The Morgan fingerprint density at radius 1 is 1.03 bits per heavy atom. The van der Waals surface area contributed by atoms with E-state index in [1.54, 1.807) is 23.3 Å². The van der Waals surface area contributed by atoms with Crippen LogP contribution in [0.15, 0.2) is 47.1 Å². The van der Waals surface area contributed by atoms with Gasteiger partial charge in [0, 0.05) is 66.9 Å². The molecular weight excluding hydrogens is 467 g/mol. The summed E-state index contributed by atoms with van der Waals surface area (Å²) in [6, 6.07) is 9.05. The molecule has 6 rings (SSSR count). The number of hydrogen-bond acceptors (Lipinski definition) is 6. The molecule has 2 fully saturated rings. The second-order valence-electron chi connectivity index (χ2n) is 9.30. The number of benzene rings is 2. The number of nitrogens with zero attached hydrogens (tertiary/aromatic N) is 3. The average molecular weight is 490 g/mol. The average Bonchev–Trinajstić information content (AvgIpc) is 3.47. The molecule has 0 bridgehead atoms. The quantitative estimate of drug-likeness (QED) is 0.566. The van der Waals surface area contributed by atoms with E-state index in [1.807, 2.05) is 17.0 Å². The van der Waals surface area contributed by atoms with Crippen molar-refractivity contribution in [1.29, 1.82) is 0 Å². The predicted octanol–water partition coefficient (Wildman–Crippen LogP) is 2.30. The van der Waals surface area contributed by atoms with Crippen molar-refractivity contribution >= 4 is 40.3 Å². The number of hydrogen-bond donors (Lipinski definition) is 1. The maximum atomic E-state index is 14.6. The summed E-state index contributed by atoms with van der Waals surface area (Å²) >= 11 is 0. The molecule has 0 saturated carbocycles. The van der Waals surface area contributed by atoms with Crippen LogP contribution in [0.1, 0.15) is 39.1 Å². The lowest BCUT2D eigenvalue weighted by Crippen LogP contribution is -2.52. The maximum Gasteiger partial charge on any atom is 0.255 e. The molecule has 3 aromatic rings.